The van der Waals surface area contributed by atoms with Gasteiger partial charge in [0.25, 0.3) is 0 Å². The van der Waals surface area contributed by atoms with Crippen molar-refractivity contribution in [2.45, 2.75) is 26.2 Å². The summed E-state index contributed by atoms with van der Waals surface area (Å²) in [6.45, 7) is 2.54. The molecule has 56 valence electrons. The average molecular weight is 242 g/mol. The van der Waals surface area contributed by atoms with Crippen LogP contribution in [0.15, 0.2) is 0 Å². The Morgan fingerprint density at radius 1 is 1.44 bits per heavy atom. The lowest BCUT2D eigenvalue weighted by molar-refractivity contribution is 0.253. The van der Waals surface area contributed by atoms with Gasteiger partial charge in [0.1, 0.15) is 0 Å². The highest BCUT2D eigenvalue weighted by Gasteiger charge is 2.02. The Morgan fingerprint density at radius 3 is 2.44 bits per heavy atom. The lowest BCUT2D eigenvalue weighted by Crippen LogP contribution is -2.01. The summed E-state index contributed by atoms with van der Waals surface area (Å²) in [5.74, 6) is 0.756. The predicted molar refractivity (Wildman–Crippen MR) is 49.0 cm³/mol. The molecule has 0 spiro atoms. The van der Waals surface area contributed by atoms with Crippen molar-refractivity contribution in [2.24, 2.45) is 5.92 Å². The molecule has 1 unspecified atom stereocenters. The molecule has 0 rings (SSSR count). The summed E-state index contributed by atoms with van der Waals surface area (Å²) in [7, 11) is 0. The molecule has 1 atom stereocenters. The molecular weight excluding hydrogens is 227 g/mol. The Labute approximate surface area is 71.0 Å². The molecule has 0 aromatic rings. The van der Waals surface area contributed by atoms with Crippen LogP contribution >= 0.6 is 22.6 Å². The van der Waals surface area contributed by atoms with Crippen molar-refractivity contribution in [1.29, 1.82) is 0 Å². The van der Waals surface area contributed by atoms with Crippen molar-refractivity contribution in [3.63, 3.8) is 0 Å². The van der Waals surface area contributed by atoms with Crippen LogP contribution in [0, 0.1) is 5.92 Å². The first kappa shape index (κ1) is 9.69. The van der Waals surface area contributed by atoms with E-state index >= 15 is 0 Å². The third-order valence-electron chi connectivity index (χ3n) is 1.63. The van der Waals surface area contributed by atoms with Gasteiger partial charge < -0.3 is 5.11 Å². The number of rotatable bonds is 5. The Balaban J connectivity index is 3.18. The lowest BCUT2D eigenvalue weighted by Gasteiger charge is -2.09. The Morgan fingerprint density at radius 2 is 2.11 bits per heavy atom. The number of alkyl halides is 1. The second-order valence-corrected chi connectivity index (χ2v) is 3.34. The van der Waals surface area contributed by atoms with Gasteiger partial charge >= 0.3 is 0 Å². The molecule has 0 saturated heterocycles. The zero-order valence-electron chi connectivity index (χ0n) is 5.94. The molecule has 0 radical (unpaired) electrons. The minimum atomic E-state index is 0.356. The molecular formula is C7H15IO. The van der Waals surface area contributed by atoms with Crippen LogP contribution in [-0.2, 0) is 0 Å². The van der Waals surface area contributed by atoms with Gasteiger partial charge in [-0.3, -0.25) is 0 Å². The van der Waals surface area contributed by atoms with E-state index in [-0.39, 0.29) is 0 Å². The van der Waals surface area contributed by atoms with Crippen LogP contribution in [0.5, 0.6) is 0 Å². The van der Waals surface area contributed by atoms with Crippen LogP contribution in [0.1, 0.15) is 26.2 Å². The van der Waals surface area contributed by atoms with E-state index in [1.54, 1.807) is 0 Å². The molecule has 0 bridgehead atoms. The van der Waals surface area contributed by atoms with Crippen molar-refractivity contribution in [1.82, 2.24) is 0 Å². The van der Waals surface area contributed by atoms with Gasteiger partial charge in [-0.1, -0.05) is 35.9 Å². The third kappa shape index (κ3) is 5.15. The number of aliphatic hydroxyl groups excluding tert-OH is 1. The summed E-state index contributed by atoms with van der Waals surface area (Å²) < 4.78 is 1.22. The summed E-state index contributed by atoms with van der Waals surface area (Å²) >= 11 is 2.38. The Bertz CT molecular complexity index is 50.9. The molecule has 1 nitrogen and oxygen atoms in total. The smallest absolute Gasteiger partial charge is 0.0433 e. The first-order valence-corrected chi connectivity index (χ1v) is 5.04. The highest BCUT2D eigenvalue weighted by Crippen LogP contribution is 2.13. The van der Waals surface area contributed by atoms with E-state index in [9.17, 15) is 0 Å². The van der Waals surface area contributed by atoms with E-state index in [1.807, 2.05) is 0 Å². The molecule has 0 heterocycles. The topological polar surface area (TPSA) is 20.2 Å². The monoisotopic (exact) mass is 242 g/mol. The van der Waals surface area contributed by atoms with Crippen molar-refractivity contribution >= 4 is 22.6 Å². The maximum Gasteiger partial charge on any atom is 0.0433 e. The van der Waals surface area contributed by atoms with E-state index in [4.69, 9.17) is 5.11 Å². The van der Waals surface area contributed by atoms with E-state index < -0.39 is 0 Å². The molecule has 0 amide bonds. The van der Waals surface area contributed by atoms with Gasteiger partial charge in [-0.15, -0.1) is 0 Å². The van der Waals surface area contributed by atoms with Crippen molar-refractivity contribution in [3.05, 3.63) is 0 Å². The van der Waals surface area contributed by atoms with Crippen LogP contribution in [0.25, 0.3) is 0 Å². The molecule has 0 saturated carbocycles. The predicted octanol–water partition coefficient (Wildman–Crippen LogP) is 2.22. The number of hydrogen-bond donors (Lipinski definition) is 1. The van der Waals surface area contributed by atoms with Gasteiger partial charge in [-0.2, -0.15) is 0 Å². The molecule has 0 aliphatic carbocycles. The number of halogens is 1. The van der Waals surface area contributed by atoms with Crippen LogP contribution in [0.3, 0.4) is 0 Å². The van der Waals surface area contributed by atoms with Crippen LogP contribution in [-0.4, -0.2) is 16.1 Å². The molecule has 0 aliphatic rings. The fraction of sp³-hybridized carbons (Fsp3) is 1.00. The van der Waals surface area contributed by atoms with Crippen molar-refractivity contribution < 1.29 is 5.11 Å². The fourth-order valence-electron chi connectivity index (χ4n) is 0.889. The maximum atomic E-state index is 8.59. The quantitative estimate of drug-likeness (QED) is 0.579. The fourth-order valence-corrected chi connectivity index (χ4v) is 1.77. The first-order chi connectivity index (χ1) is 4.35. The second-order valence-electron chi connectivity index (χ2n) is 2.26. The van der Waals surface area contributed by atoms with E-state index in [1.165, 1.54) is 17.3 Å². The zero-order valence-corrected chi connectivity index (χ0v) is 8.10. The first-order valence-electron chi connectivity index (χ1n) is 3.52. The van der Waals surface area contributed by atoms with E-state index in [0.717, 1.165) is 12.3 Å². The van der Waals surface area contributed by atoms with Crippen molar-refractivity contribution in [3.8, 4) is 0 Å². The molecule has 0 aromatic heterocycles. The summed E-state index contributed by atoms with van der Waals surface area (Å²) in [4.78, 5) is 0. The Kier molecular flexibility index (Phi) is 7.33. The van der Waals surface area contributed by atoms with Gasteiger partial charge in [-0.25, -0.2) is 0 Å². The maximum absolute atomic E-state index is 8.59. The molecule has 1 N–H and O–H groups in total. The highest BCUT2D eigenvalue weighted by atomic mass is 127. The summed E-state index contributed by atoms with van der Waals surface area (Å²) in [5, 5.41) is 8.59. The van der Waals surface area contributed by atoms with Gasteiger partial charge in [0.2, 0.25) is 0 Å². The van der Waals surface area contributed by atoms with Gasteiger partial charge in [0.05, 0.1) is 0 Å². The standard InChI is InChI=1S/C7H15IO/c1-2-7(3-5-8)4-6-9/h7,9H,2-6H2,1H3. The van der Waals surface area contributed by atoms with E-state index in [2.05, 4.69) is 29.5 Å². The number of aliphatic hydroxyl groups is 1. The SMILES string of the molecule is CCC(CCO)CCI. The second kappa shape index (κ2) is 6.81. The van der Waals surface area contributed by atoms with Gasteiger partial charge in [0, 0.05) is 6.61 Å². The summed E-state index contributed by atoms with van der Waals surface area (Å²) in [6.07, 6.45) is 3.46. The normalized spacial score (nSPS) is 13.7. The average Bonchev–Trinajstić information content (AvgIpc) is 1.88. The minimum Gasteiger partial charge on any atom is -0.396 e. The van der Waals surface area contributed by atoms with Gasteiger partial charge in [0.15, 0.2) is 0 Å². The summed E-state index contributed by atoms with van der Waals surface area (Å²) in [6, 6.07) is 0. The molecule has 0 fully saturated rings. The largest absolute Gasteiger partial charge is 0.396 e. The highest BCUT2D eigenvalue weighted by molar-refractivity contribution is 14.1. The van der Waals surface area contributed by atoms with Crippen LogP contribution < -0.4 is 0 Å². The third-order valence-corrected chi connectivity index (χ3v) is 2.25. The zero-order chi connectivity index (χ0) is 7.11. The molecule has 0 aromatic carbocycles. The van der Waals surface area contributed by atoms with Gasteiger partial charge in [-0.05, 0) is 23.2 Å². The van der Waals surface area contributed by atoms with Crippen LogP contribution in [0.4, 0.5) is 0 Å². The lowest BCUT2D eigenvalue weighted by atomic mass is 10.0. The summed E-state index contributed by atoms with van der Waals surface area (Å²) in [5.41, 5.74) is 0. The van der Waals surface area contributed by atoms with E-state index in [0.29, 0.717) is 6.61 Å². The number of hydrogen-bond acceptors (Lipinski definition) is 1. The molecule has 0 aliphatic heterocycles. The van der Waals surface area contributed by atoms with Crippen molar-refractivity contribution in [2.75, 3.05) is 11.0 Å². The van der Waals surface area contributed by atoms with Crippen LogP contribution in [0.2, 0.25) is 0 Å². The molecule has 2 heteroatoms. The Hall–Kier alpha value is 0.690. The molecule has 9 heavy (non-hydrogen) atoms. The minimum absolute atomic E-state index is 0.356.